The van der Waals surface area contributed by atoms with Crippen LogP contribution in [0, 0.1) is 5.41 Å². The Morgan fingerprint density at radius 3 is 2.48 bits per heavy atom. The highest BCUT2D eigenvalue weighted by atomic mass is 32.2. The lowest BCUT2D eigenvalue weighted by molar-refractivity contribution is 0.0895. The molecular formula is C14H27N3O3S. The summed E-state index contributed by atoms with van der Waals surface area (Å²) in [5, 5.41) is 3.65. The molecule has 122 valence electrons. The highest BCUT2D eigenvalue weighted by Gasteiger charge is 2.39. The molecule has 0 bridgehead atoms. The van der Waals surface area contributed by atoms with Crippen molar-refractivity contribution < 1.29 is 13.2 Å². The van der Waals surface area contributed by atoms with Gasteiger partial charge in [-0.3, -0.25) is 0 Å². The molecule has 0 aromatic carbocycles. The quantitative estimate of drug-likeness (QED) is 0.730. The summed E-state index contributed by atoms with van der Waals surface area (Å²) in [6, 6.07) is 0.726. The van der Waals surface area contributed by atoms with Gasteiger partial charge in [0.25, 0.3) is 0 Å². The fraction of sp³-hybridized carbons (Fsp3) is 1.00. The van der Waals surface area contributed by atoms with E-state index in [-0.39, 0.29) is 5.41 Å². The van der Waals surface area contributed by atoms with E-state index in [4.69, 9.17) is 4.74 Å². The van der Waals surface area contributed by atoms with Crippen LogP contribution in [0.1, 0.15) is 19.3 Å². The Kier molecular flexibility index (Phi) is 4.57. The third kappa shape index (κ3) is 4.16. The van der Waals surface area contributed by atoms with E-state index in [0.29, 0.717) is 13.1 Å². The Bertz CT molecular complexity index is 450. The average Bonchev–Trinajstić information content (AvgIpc) is 3.16. The van der Waals surface area contributed by atoms with Crippen LogP contribution in [0.25, 0.3) is 0 Å². The van der Waals surface area contributed by atoms with Gasteiger partial charge in [-0.05, 0) is 19.3 Å². The maximum absolute atomic E-state index is 11.6. The summed E-state index contributed by atoms with van der Waals surface area (Å²) in [4.78, 5) is 2.41. The van der Waals surface area contributed by atoms with E-state index >= 15 is 0 Å². The van der Waals surface area contributed by atoms with Crippen LogP contribution in [0.4, 0.5) is 0 Å². The Morgan fingerprint density at radius 1 is 1.24 bits per heavy atom. The zero-order chi connectivity index (χ0) is 14.9. The molecule has 1 saturated carbocycles. The molecule has 2 saturated heterocycles. The predicted molar refractivity (Wildman–Crippen MR) is 81.8 cm³/mol. The number of hydrogen-bond donors (Lipinski definition) is 1. The normalized spacial score (nSPS) is 32.6. The van der Waals surface area contributed by atoms with Gasteiger partial charge in [-0.1, -0.05) is 0 Å². The summed E-state index contributed by atoms with van der Waals surface area (Å²) >= 11 is 0. The van der Waals surface area contributed by atoms with Crippen molar-refractivity contribution in [2.75, 3.05) is 58.7 Å². The second-order valence-corrected chi connectivity index (χ2v) is 8.88. The van der Waals surface area contributed by atoms with Gasteiger partial charge in [0.1, 0.15) is 0 Å². The zero-order valence-corrected chi connectivity index (χ0v) is 13.7. The molecule has 21 heavy (non-hydrogen) atoms. The van der Waals surface area contributed by atoms with Crippen LogP contribution < -0.4 is 5.32 Å². The van der Waals surface area contributed by atoms with Gasteiger partial charge in [0.15, 0.2) is 0 Å². The molecule has 0 aromatic rings. The molecule has 0 amide bonds. The van der Waals surface area contributed by atoms with E-state index in [9.17, 15) is 8.42 Å². The van der Waals surface area contributed by atoms with E-state index in [1.807, 2.05) is 0 Å². The molecule has 2 aliphatic heterocycles. The van der Waals surface area contributed by atoms with Gasteiger partial charge in [-0.25, -0.2) is 8.42 Å². The smallest absolute Gasteiger partial charge is 0.211 e. The van der Waals surface area contributed by atoms with Crippen LogP contribution in [-0.4, -0.2) is 82.4 Å². The molecule has 6 nitrogen and oxygen atoms in total. The maximum atomic E-state index is 11.6. The standard InChI is InChI=1S/C14H27N3O3S/c1-21(18,19)17-7-5-16(6-8-17)11-14(4-9-20-12-14)10-15-13-2-3-13/h13,15H,2-12H2,1H3. The van der Waals surface area contributed by atoms with Crippen molar-refractivity contribution in [3.8, 4) is 0 Å². The predicted octanol–water partition coefficient (Wildman–Crippen LogP) is -0.278. The minimum atomic E-state index is -3.04. The van der Waals surface area contributed by atoms with Gasteiger partial charge in [0.2, 0.25) is 10.0 Å². The van der Waals surface area contributed by atoms with E-state index in [0.717, 1.165) is 51.9 Å². The molecule has 1 N–H and O–H groups in total. The molecule has 3 rings (SSSR count). The van der Waals surface area contributed by atoms with Crippen molar-refractivity contribution >= 4 is 10.0 Å². The van der Waals surface area contributed by atoms with Crippen LogP contribution in [0.2, 0.25) is 0 Å². The van der Waals surface area contributed by atoms with Crippen LogP contribution in [-0.2, 0) is 14.8 Å². The first kappa shape index (κ1) is 15.7. The lowest BCUT2D eigenvalue weighted by Crippen LogP contribution is -2.53. The summed E-state index contributed by atoms with van der Waals surface area (Å²) in [5.74, 6) is 0. The van der Waals surface area contributed by atoms with Gasteiger partial charge in [0.05, 0.1) is 12.9 Å². The molecule has 7 heteroatoms. The van der Waals surface area contributed by atoms with Gasteiger partial charge in [-0.2, -0.15) is 4.31 Å². The Balaban J connectivity index is 1.52. The van der Waals surface area contributed by atoms with Crippen molar-refractivity contribution in [3.05, 3.63) is 0 Å². The molecule has 1 aliphatic carbocycles. The highest BCUT2D eigenvalue weighted by molar-refractivity contribution is 7.88. The summed E-state index contributed by atoms with van der Waals surface area (Å²) < 4.78 is 30.4. The summed E-state index contributed by atoms with van der Waals surface area (Å²) in [7, 11) is -3.04. The Morgan fingerprint density at radius 2 is 1.95 bits per heavy atom. The van der Waals surface area contributed by atoms with Crippen molar-refractivity contribution in [1.29, 1.82) is 0 Å². The first-order chi connectivity index (χ1) is 9.97. The molecular weight excluding hydrogens is 290 g/mol. The SMILES string of the molecule is CS(=O)(=O)N1CCN(CC2(CNC3CC3)CCOC2)CC1. The summed E-state index contributed by atoms with van der Waals surface area (Å²) in [5.41, 5.74) is 0.218. The Hall–Kier alpha value is -0.210. The highest BCUT2D eigenvalue weighted by Crippen LogP contribution is 2.31. The topological polar surface area (TPSA) is 61.9 Å². The molecule has 0 radical (unpaired) electrons. The van der Waals surface area contributed by atoms with E-state index in [1.165, 1.54) is 19.1 Å². The molecule has 1 atom stereocenters. The molecule has 3 aliphatic rings. The van der Waals surface area contributed by atoms with E-state index in [2.05, 4.69) is 10.2 Å². The van der Waals surface area contributed by atoms with Crippen molar-refractivity contribution in [1.82, 2.24) is 14.5 Å². The number of ether oxygens (including phenoxy) is 1. The number of nitrogens with one attached hydrogen (secondary N) is 1. The molecule has 1 unspecified atom stereocenters. The van der Waals surface area contributed by atoms with Crippen molar-refractivity contribution in [2.45, 2.75) is 25.3 Å². The third-order valence-electron chi connectivity index (χ3n) is 4.89. The number of hydrogen-bond acceptors (Lipinski definition) is 5. The molecule has 0 aromatic heterocycles. The minimum absolute atomic E-state index is 0.218. The van der Waals surface area contributed by atoms with Gasteiger partial charge in [0, 0.05) is 57.3 Å². The lowest BCUT2D eigenvalue weighted by Gasteiger charge is -2.39. The zero-order valence-electron chi connectivity index (χ0n) is 12.9. The van der Waals surface area contributed by atoms with Gasteiger partial charge < -0.3 is 15.0 Å². The second kappa shape index (κ2) is 6.12. The van der Waals surface area contributed by atoms with E-state index in [1.54, 1.807) is 4.31 Å². The number of sulfonamides is 1. The second-order valence-electron chi connectivity index (χ2n) is 6.90. The number of piperazine rings is 1. The fourth-order valence-corrected chi connectivity index (χ4v) is 4.14. The number of rotatable bonds is 6. The third-order valence-corrected chi connectivity index (χ3v) is 6.19. The average molecular weight is 317 g/mol. The summed E-state index contributed by atoms with van der Waals surface area (Å²) in [6.45, 7) is 6.64. The largest absolute Gasteiger partial charge is 0.381 e. The first-order valence-electron chi connectivity index (χ1n) is 7.96. The summed E-state index contributed by atoms with van der Waals surface area (Å²) in [6.07, 6.45) is 5.03. The molecule has 2 heterocycles. The Labute approximate surface area is 127 Å². The first-order valence-corrected chi connectivity index (χ1v) is 9.80. The van der Waals surface area contributed by atoms with Crippen LogP contribution >= 0.6 is 0 Å². The van der Waals surface area contributed by atoms with Crippen LogP contribution in [0.5, 0.6) is 0 Å². The van der Waals surface area contributed by atoms with Crippen molar-refractivity contribution in [3.63, 3.8) is 0 Å². The van der Waals surface area contributed by atoms with Crippen molar-refractivity contribution in [2.24, 2.45) is 5.41 Å². The molecule has 3 fully saturated rings. The van der Waals surface area contributed by atoms with Crippen LogP contribution in [0.3, 0.4) is 0 Å². The fourth-order valence-electron chi connectivity index (χ4n) is 3.31. The van der Waals surface area contributed by atoms with Gasteiger partial charge in [-0.15, -0.1) is 0 Å². The number of nitrogens with zero attached hydrogens (tertiary/aromatic N) is 2. The maximum Gasteiger partial charge on any atom is 0.211 e. The monoisotopic (exact) mass is 317 g/mol. The van der Waals surface area contributed by atoms with Crippen LogP contribution in [0.15, 0.2) is 0 Å². The van der Waals surface area contributed by atoms with Gasteiger partial charge >= 0.3 is 0 Å². The minimum Gasteiger partial charge on any atom is -0.381 e. The van der Waals surface area contributed by atoms with E-state index < -0.39 is 10.0 Å². The lowest BCUT2D eigenvalue weighted by atomic mass is 9.86. The molecule has 0 spiro atoms.